The monoisotopic (exact) mass is 300 g/mol. The van der Waals surface area contributed by atoms with E-state index in [2.05, 4.69) is 10.3 Å². The fourth-order valence-electron chi connectivity index (χ4n) is 2.11. The first kappa shape index (κ1) is 13.6. The van der Waals surface area contributed by atoms with Crippen molar-refractivity contribution < 1.29 is 9.21 Å². The SMILES string of the molecule is Cc1nc2ccc(NC(=O)Cc3ccc(Cl)cc3)cc2o1. The summed E-state index contributed by atoms with van der Waals surface area (Å²) in [6.07, 6.45) is 0.296. The molecule has 5 heteroatoms. The standard InChI is InChI=1S/C16H13ClN2O2/c1-10-18-14-7-6-13(9-15(14)21-10)19-16(20)8-11-2-4-12(17)5-3-11/h2-7,9H,8H2,1H3,(H,19,20). The minimum Gasteiger partial charge on any atom is -0.441 e. The van der Waals surface area contributed by atoms with Crippen LogP contribution in [0.4, 0.5) is 5.69 Å². The molecule has 0 fully saturated rings. The molecule has 106 valence electrons. The van der Waals surface area contributed by atoms with Crippen molar-refractivity contribution in [2.24, 2.45) is 0 Å². The molecule has 0 unspecified atom stereocenters. The summed E-state index contributed by atoms with van der Waals surface area (Å²) >= 11 is 5.82. The van der Waals surface area contributed by atoms with E-state index in [0.29, 0.717) is 28.6 Å². The lowest BCUT2D eigenvalue weighted by molar-refractivity contribution is -0.115. The van der Waals surface area contributed by atoms with Crippen molar-refractivity contribution in [2.45, 2.75) is 13.3 Å². The molecule has 0 aliphatic carbocycles. The smallest absolute Gasteiger partial charge is 0.228 e. The van der Waals surface area contributed by atoms with Gasteiger partial charge in [0.1, 0.15) is 5.52 Å². The second-order valence-electron chi connectivity index (χ2n) is 4.77. The Morgan fingerprint density at radius 1 is 1.24 bits per heavy atom. The highest BCUT2D eigenvalue weighted by Gasteiger charge is 2.07. The van der Waals surface area contributed by atoms with Crippen molar-refractivity contribution in [3.63, 3.8) is 0 Å². The maximum Gasteiger partial charge on any atom is 0.228 e. The average Bonchev–Trinajstić information content (AvgIpc) is 2.80. The second-order valence-corrected chi connectivity index (χ2v) is 5.20. The Kier molecular flexibility index (Phi) is 3.62. The zero-order valence-electron chi connectivity index (χ0n) is 11.4. The van der Waals surface area contributed by atoms with Crippen LogP contribution in [-0.4, -0.2) is 10.9 Å². The molecule has 21 heavy (non-hydrogen) atoms. The predicted molar refractivity (Wildman–Crippen MR) is 82.5 cm³/mol. The second kappa shape index (κ2) is 5.58. The average molecular weight is 301 g/mol. The number of nitrogens with one attached hydrogen (secondary N) is 1. The van der Waals surface area contributed by atoms with Crippen LogP contribution in [0.3, 0.4) is 0 Å². The summed E-state index contributed by atoms with van der Waals surface area (Å²) in [5.74, 6) is 0.516. The molecule has 3 aromatic rings. The molecule has 0 saturated heterocycles. The van der Waals surface area contributed by atoms with Crippen molar-refractivity contribution >= 4 is 34.3 Å². The number of hydrogen-bond donors (Lipinski definition) is 1. The molecule has 4 nitrogen and oxygen atoms in total. The Morgan fingerprint density at radius 2 is 2.00 bits per heavy atom. The first-order chi connectivity index (χ1) is 10.1. The summed E-state index contributed by atoms with van der Waals surface area (Å²) in [7, 11) is 0. The molecule has 0 radical (unpaired) electrons. The lowest BCUT2D eigenvalue weighted by atomic mass is 10.1. The molecule has 1 amide bonds. The summed E-state index contributed by atoms with van der Waals surface area (Å²) < 4.78 is 5.44. The summed E-state index contributed by atoms with van der Waals surface area (Å²) in [6, 6.07) is 12.6. The van der Waals surface area contributed by atoms with Gasteiger partial charge in [-0.1, -0.05) is 23.7 Å². The van der Waals surface area contributed by atoms with Crippen molar-refractivity contribution in [3.8, 4) is 0 Å². The largest absolute Gasteiger partial charge is 0.441 e. The van der Waals surface area contributed by atoms with E-state index in [9.17, 15) is 4.79 Å². The molecule has 0 aliphatic rings. The van der Waals surface area contributed by atoms with E-state index in [0.717, 1.165) is 11.1 Å². The molecule has 0 atom stereocenters. The van der Waals surface area contributed by atoms with Crippen molar-refractivity contribution in [2.75, 3.05) is 5.32 Å². The lowest BCUT2D eigenvalue weighted by Crippen LogP contribution is -2.14. The molecule has 0 aliphatic heterocycles. The van der Waals surface area contributed by atoms with Gasteiger partial charge in [0.2, 0.25) is 5.91 Å². The number of rotatable bonds is 3. The van der Waals surface area contributed by atoms with E-state index in [1.165, 1.54) is 0 Å². The van der Waals surface area contributed by atoms with Crippen LogP contribution in [0.25, 0.3) is 11.1 Å². The Hall–Kier alpha value is -2.33. The first-order valence-corrected chi connectivity index (χ1v) is 6.89. The van der Waals surface area contributed by atoms with Crippen LogP contribution in [0.15, 0.2) is 46.9 Å². The summed E-state index contributed by atoms with van der Waals surface area (Å²) in [5.41, 5.74) is 3.05. The van der Waals surface area contributed by atoms with Gasteiger partial charge >= 0.3 is 0 Å². The lowest BCUT2D eigenvalue weighted by Gasteiger charge is -2.05. The summed E-state index contributed by atoms with van der Waals surface area (Å²) in [5, 5.41) is 3.50. The van der Waals surface area contributed by atoms with Gasteiger partial charge in [-0.2, -0.15) is 0 Å². The highest BCUT2D eigenvalue weighted by Crippen LogP contribution is 2.20. The normalized spacial score (nSPS) is 10.8. The molecule has 1 heterocycles. The van der Waals surface area contributed by atoms with Gasteiger partial charge in [-0.05, 0) is 29.8 Å². The molecule has 3 rings (SSSR count). The minimum atomic E-state index is -0.0899. The number of fused-ring (bicyclic) bond motifs is 1. The highest BCUT2D eigenvalue weighted by atomic mass is 35.5. The van der Waals surface area contributed by atoms with Crippen LogP contribution in [0.5, 0.6) is 0 Å². The first-order valence-electron chi connectivity index (χ1n) is 6.52. The van der Waals surface area contributed by atoms with Crippen LogP contribution in [0.2, 0.25) is 5.02 Å². The van der Waals surface area contributed by atoms with Crippen LogP contribution in [0.1, 0.15) is 11.5 Å². The van der Waals surface area contributed by atoms with Gasteiger partial charge in [0.05, 0.1) is 6.42 Å². The van der Waals surface area contributed by atoms with Gasteiger partial charge < -0.3 is 9.73 Å². The number of carbonyl (C=O) groups is 1. The van der Waals surface area contributed by atoms with E-state index >= 15 is 0 Å². The van der Waals surface area contributed by atoms with E-state index in [1.54, 1.807) is 25.1 Å². The van der Waals surface area contributed by atoms with E-state index in [-0.39, 0.29) is 5.91 Å². The van der Waals surface area contributed by atoms with E-state index in [1.807, 2.05) is 24.3 Å². The maximum absolute atomic E-state index is 12.0. The number of amides is 1. The van der Waals surface area contributed by atoms with E-state index < -0.39 is 0 Å². The number of hydrogen-bond acceptors (Lipinski definition) is 3. The number of benzene rings is 2. The van der Waals surface area contributed by atoms with Gasteiger partial charge in [0, 0.05) is 23.7 Å². The molecule has 2 aromatic carbocycles. The fourth-order valence-corrected chi connectivity index (χ4v) is 2.24. The van der Waals surface area contributed by atoms with Gasteiger partial charge in [0.25, 0.3) is 0 Å². The molecular weight excluding hydrogens is 288 g/mol. The molecular formula is C16H13ClN2O2. The van der Waals surface area contributed by atoms with Crippen LogP contribution in [0, 0.1) is 6.92 Å². The number of aryl methyl sites for hydroxylation is 1. The minimum absolute atomic E-state index is 0.0899. The molecule has 1 aromatic heterocycles. The van der Waals surface area contributed by atoms with Gasteiger partial charge in [-0.25, -0.2) is 4.98 Å². The third-order valence-electron chi connectivity index (χ3n) is 3.06. The van der Waals surface area contributed by atoms with Crippen LogP contribution in [-0.2, 0) is 11.2 Å². The molecule has 0 saturated carbocycles. The zero-order chi connectivity index (χ0) is 14.8. The number of carbonyl (C=O) groups excluding carboxylic acids is 1. The molecule has 0 spiro atoms. The van der Waals surface area contributed by atoms with Gasteiger partial charge in [0.15, 0.2) is 11.5 Å². The third kappa shape index (κ3) is 3.23. The summed E-state index contributed by atoms with van der Waals surface area (Å²) in [6.45, 7) is 1.79. The number of nitrogens with zero attached hydrogens (tertiary/aromatic N) is 1. The van der Waals surface area contributed by atoms with Gasteiger partial charge in [-0.15, -0.1) is 0 Å². The highest BCUT2D eigenvalue weighted by molar-refractivity contribution is 6.30. The maximum atomic E-state index is 12.0. The van der Waals surface area contributed by atoms with Crippen LogP contribution < -0.4 is 5.32 Å². The van der Waals surface area contributed by atoms with E-state index in [4.69, 9.17) is 16.0 Å². The number of halogens is 1. The van der Waals surface area contributed by atoms with Gasteiger partial charge in [-0.3, -0.25) is 4.79 Å². The topological polar surface area (TPSA) is 55.1 Å². The molecule has 0 bridgehead atoms. The van der Waals surface area contributed by atoms with Crippen molar-refractivity contribution in [1.82, 2.24) is 4.98 Å². The molecule has 1 N–H and O–H groups in total. The summed E-state index contributed by atoms with van der Waals surface area (Å²) in [4.78, 5) is 16.2. The quantitative estimate of drug-likeness (QED) is 0.796. The predicted octanol–water partition coefficient (Wildman–Crippen LogP) is 3.97. The Balaban J connectivity index is 1.71. The number of aromatic nitrogens is 1. The Morgan fingerprint density at radius 3 is 2.76 bits per heavy atom. The van der Waals surface area contributed by atoms with Crippen LogP contribution >= 0.6 is 11.6 Å². The fraction of sp³-hybridized carbons (Fsp3) is 0.125. The number of oxazole rings is 1. The third-order valence-corrected chi connectivity index (χ3v) is 3.31. The zero-order valence-corrected chi connectivity index (χ0v) is 12.1. The number of anilines is 1. The van der Waals surface area contributed by atoms with Crippen molar-refractivity contribution in [1.29, 1.82) is 0 Å². The van der Waals surface area contributed by atoms with Crippen molar-refractivity contribution in [3.05, 3.63) is 58.9 Å². The Labute approximate surface area is 126 Å². The Bertz CT molecular complexity index is 794.